The van der Waals surface area contributed by atoms with Crippen LogP contribution < -0.4 is 14.8 Å². The highest BCUT2D eigenvalue weighted by Crippen LogP contribution is 2.31. The van der Waals surface area contributed by atoms with Crippen LogP contribution in [0.1, 0.15) is 38.7 Å². The molecule has 1 aromatic rings. The third kappa shape index (κ3) is 6.50. The maximum Gasteiger partial charge on any atom is 0.165 e. The van der Waals surface area contributed by atoms with Gasteiger partial charge in [0.2, 0.25) is 0 Å². The van der Waals surface area contributed by atoms with E-state index in [1.165, 1.54) is 0 Å². The van der Waals surface area contributed by atoms with Crippen LogP contribution in [-0.2, 0) is 6.54 Å². The van der Waals surface area contributed by atoms with Crippen LogP contribution in [0.4, 0.5) is 0 Å². The largest absolute Gasteiger partial charge is 0.493 e. The van der Waals surface area contributed by atoms with E-state index in [9.17, 15) is 0 Å². The van der Waals surface area contributed by atoms with E-state index in [2.05, 4.69) is 31.3 Å². The lowest BCUT2D eigenvalue weighted by Gasteiger charge is -2.16. The molecule has 1 N–H and O–H groups in total. The van der Waals surface area contributed by atoms with Crippen molar-refractivity contribution in [3.8, 4) is 17.6 Å². The second-order valence-corrected chi connectivity index (χ2v) is 5.44. The molecule has 0 atom stereocenters. The third-order valence-corrected chi connectivity index (χ3v) is 3.08. The number of methoxy groups -OCH3 is 1. The first-order valence-corrected chi connectivity index (χ1v) is 7.55. The van der Waals surface area contributed by atoms with Crippen molar-refractivity contribution in [2.45, 2.75) is 39.7 Å². The summed E-state index contributed by atoms with van der Waals surface area (Å²) < 4.78 is 11.3. The Balaban J connectivity index is 2.62. The molecule has 4 nitrogen and oxygen atoms in total. The van der Waals surface area contributed by atoms with Gasteiger partial charge in [0.1, 0.15) is 0 Å². The molecular formula is C17H26N2O2. The lowest BCUT2D eigenvalue weighted by atomic mass is 10.1. The summed E-state index contributed by atoms with van der Waals surface area (Å²) in [5.74, 6) is 2.19. The molecule has 0 aromatic heterocycles. The van der Waals surface area contributed by atoms with E-state index >= 15 is 0 Å². The van der Waals surface area contributed by atoms with Crippen molar-refractivity contribution in [1.82, 2.24) is 5.32 Å². The number of benzene rings is 1. The summed E-state index contributed by atoms with van der Waals surface area (Å²) in [4.78, 5) is 0. The fourth-order valence-electron chi connectivity index (χ4n) is 2.00. The summed E-state index contributed by atoms with van der Waals surface area (Å²) in [6.07, 6.45) is 2.33. The van der Waals surface area contributed by atoms with Gasteiger partial charge in [-0.2, -0.15) is 5.26 Å². The molecule has 0 amide bonds. The standard InChI is InChI=1S/C17H26N2O2/c1-14(2)12-19-13-15-8-7-9-16(20-3)17(15)21-11-6-4-5-10-18/h7-9,14,19H,4-6,11-13H2,1-3H3. The molecule has 0 heterocycles. The van der Waals surface area contributed by atoms with Gasteiger partial charge in [-0.25, -0.2) is 0 Å². The highest BCUT2D eigenvalue weighted by Gasteiger charge is 2.10. The predicted molar refractivity (Wildman–Crippen MR) is 84.5 cm³/mol. The Morgan fingerprint density at radius 3 is 2.76 bits per heavy atom. The Morgan fingerprint density at radius 1 is 1.29 bits per heavy atom. The van der Waals surface area contributed by atoms with Gasteiger partial charge in [0.05, 0.1) is 19.8 Å². The normalized spacial score (nSPS) is 10.4. The number of nitriles is 1. The van der Waals surface area contributed by atoms with E-state index in [1.807, 2.05) is 12.1 Å². The number of rotatable bonds is 10. The lowest BCUT2D eigenvalue weighted by molar-refractivity contribution is 0.283. The zero-order chi connectivity index (χ0) is 15.5. The second kappa shape index (κ2) is 10.1. The molecular weight excluding hydrogens is 264 g/mol. The van der Waals surface area contributed by atoms with Crippen molar-refractivity contribution in [3.63, 3.8) is 0 Å². The van der Waals surface area contributed by atoms with Crippen LogP contribution in [0.25, 0.3) is 0 Å². The maximum absolute atomic E-state index is 8.53. The van der Waals surface area contributed by atoms with Crippen LogP contribution in [0.15, 0.2) is 18.2 Å². The van der Waals surface area contributed by atoms with Gasteiger partial charge < -0.3 is 14.8 Å². The minimum absolute atomic E-state index is 0.581. The van der Waals surface area contributed by atoms with Crippen LogP contribution in [-0.4, -0.2) is 20.3 Å². The second-order valence-electron chi connectivity index (χ2n) is 5.44. The summed E-state index contributed by atoms with van der Waals surface area (Å²) in [5, 5.41) is 12.0. The van der Waals surface area contributed by atoms with Gasteiger partial charge in [-0.05, 0) is 31.4 Å². The predicted octanol–water partition coefficient (Wildman–Crippen LogP) is 3.51. The molecule has 4 heteroatoms. The van der Waals surface area contributed by atoms with Gasteiger partial charge in [0.15, 0.2) is 11.5 Å². The Bertz CT molecular complexity index is 453. The molecule has 116 valence electrons. The highest BCUT2D eigenvalue weighted by atomic mass is 16.5. The average molecular weight is 290 g/mol. The molecule has 0 aliphatic heterocycles. The van der Waals surface area contributed by atoms with Crippen LogP contribution in [0.3, 0.4) is 0 Å². The van der Waals surface area contributed by atoms with Crippen molar-refractivity contribution in [2.24, 2.45) is 5.92 Å². The van der Waals surface area contributed by atoms with Gasteiger partial charge >= 0.3 is 0 Å². The number of ether oxygens (including phenoxy) is 2. The summed E-state index contributed by atoms with van der Waals surface area (Å²) >= 11 is 0. The Hall–Kier alpha value is -1.73. The first kappa shape index (κ1) is 17.3. The molecule has 0 aliphatic rings. The van der Waals surface area contributed by atoms with Crippen LogP contribution in [0.2, 0.25) is 0 Å². The molecule has 0 unspecified atom stereocenters. The molecule has 0 fully saturated rings. The number of nitrogens with one attached hydrogen (secondary N) is 1. The molecule has 0 bridgehead atoms. The average Bonchev–Trinajstić information content (AvgIpc) is 2.47. The SMILES string of the molecule is COc1cccc(CNCC(C)C)c1OCCCCC#N. The minimum Gasteiger partial charge on any atom is -0.493 e. The molecule has 0 radical (unpaired) electrons. The van der Waals surface area contributed by atoms with Crippen molar-refractivity contribution in [2.75, 3.05) is 20.3 Å². The van der Waals surface area contributed by atoms with Gasteiger partial charge in [0, 0.05) is 18.5 Å². The monoisotopic (exact) mass is 290 g/mol. The first-order chi connectivity index (χ1) is 10.2. The topological polar surface area (TPSA) is 54.3 Å². The molecule has 1 aromatic carbocycles. The van der Waals surface area contributed by atoms with Gasteiger partial charge in [-0.1, -0.05) is 26.0 Å². The quantitative estimate of drug-likeness (QED) is 0.670. The number of hydrogen-bond acceptors (Lipinski definition) is 4. The Morgan fingerprint density at radius 2 is 2.10 bits per heavy atom. The zero-order valence-electron chi connectivity index (χ0n) is 13.3. The van der Waals surface area contributed by atoms with E-state index in [1.54, 1.807) is 7.11 Å². The minimum atomic E-state index is 0.581. The fourth-order valence-corrected chi connectivity index (χ4v) is 2.00. The Kier molecular flexibility index (Phi) is 8.30. The Labute approximate surface area is 128 Å². The van der Waals surface area contributed by atoms with Gasteiger partial charge in [-0.3, -0.25) is 0 Å². The van der Waals surface area contributed by atoms with E-state index in [4.69, 9.17) is 14.7 Å². The van der Waals surface area contributed by atoms with E-state index in [-0.39, 0.29) is 0 Å². The smallest absolute Gasteiger partial charge is 0.165 e. The first-order valence-electron chi connectivity index (χ1n) is 7.55. The number of unbranched alkanes of at least 4 members (excludes halogenated alkanes) is 2. The summed E-state index contributed by atoms with van der Waals surface area (Å²) in [6.45, 7) is 6.72. The molecule has 0 saturated heterocycles. The fraction of sp³-hybridized carbons (Fsp3) is 0.588. The summed E-state index contributed by atoms with van der Waals surface area (Å²) in [5.41, 5.74) is 1.11. The van der Waals surface area contributed by atoms with Crippen molar-refractivity contribution >= 4 is 0 Å². The number of nitrogens with zero attached hydrogens (tertiary/aromatic N) is 1. The van der Waals surface area contributed by atoms with Crippen molar-refractivity contribution < 1.29 is 9.47 Å². The molecule has 21 heavy (non-hydrogen) atoms. The van der Waals surface area contributed by atoms with E-state index in [0.29, 0.717) is 18.9 Å². The molecule has 1 rings (SSSR count). The van der Waals surface area contributed by atoms with E-state index < -0.39 is 0 Å². The summed E-state index contributed by atoms with van der Waals surface area (Å²) in [7, 11) is 1.66. The molecule has 0 saturated carbocycles. The number of hydrogen-bond donors (Lipinski definition) is 1. The van der Waals surface area contributed by atoms with Gasteiger partial charge in [0.25, 0.3) is 0 Å². The van der Waals surface area contributed by atoms with Crippen LogP contribution in [0.5, 0.6) is 11.5 Å². The van der Waals surface area contributed by atoms with Crippen molar-refractivity contribution in [3.05, 3.63) is 23.8 Å². The van der Waals surface area contributed by atoms with E-state index in [0.717, 1.165) is 43.0 Å². The molecule has 0 spiro atoms. The molecule has 0 aliphatic carbocycles. The maximum atomic E-state index is 8.53. The van der Waals surface area contributed by atoms with Crippen LogP contribution >= 0.6 is 0 Å². The zero-order valence-corrected chi connectivity index (χ0v) is 13.3. The van der Waals surface area contributed by atoms with Crippen molar-refractivity contribution in [1.29, 1.82) is 5.26 Å². The highest BCUT2D eigenvalue weighted by molar-refractivity contribution is 5.46. The lowest BCUT2D eigenvalue weighted by Crippen LogP contribution is -2.19. The van der Waals surface area contributed by atoms with Gasteiger partial charge in [-0.15, -0.1) is 0 Å². The number of para-hydroxylation sites is 1. The third-order valence-electron chi connectivity index (χ3n) is 3.08. The van der Waals surface area contributed by atoms with Crippen LogP contribution in [0, 0.1) is 17.2 Å². The summed E-state index contributed by atoms with van der Waals surface area (Å²) in [6, 6.07) is 8.10.